The van der Waals surface area contributed by atoms with Crippen LogP contribution in [0.1, 0.15) is 30.1 Å². The molecule has 0 amide bonds. The van der Waals surface area contributed by atoms with Crippen LogP contribution < -0.4 is 5.32 Å². The molecule has 2 N–H and O–H groups in total. The number of rotatable bonds is 4. The Balaban J connectivity index is 2.05. The van der Waals surface area contributed by atoms with Gasteiger partial charge in [0, 0.05) is 17.2 Å². The summed E-state index contributed by atoms with van der Waals surface area (Å²) >= 11 is 3.25. The summed E-state index contributed by atoms with van der Waals surface area (Å²) in [6, 6.07) is 1.58. The van der Waals surface area contributed by atoms with E-state index in [9.17, 15) is 9.90 Å². The fraction of sp³-hybridized carbons (Fsp3) is 0.571. The van der Waals surface area contributed by atoms with Crippen molar-refractivity contribution < 1.29 is 9.90 Å². The zero-order chi connectivity index (χ0) is 14.8. The molecule has 0 radical (unpaired) electrons. The number of carboxylic acid groups (broad SMARTS) is 1. The molecule has 2 heterocycles. The molecule has 1 aliphatic heterocycles. The van der Waals surface area contributed by atoms with Crippen LogP contribution in [0.25, 0.3) is 0 Å². The number of anilines is 1. The van der Waals surface area contributed by atoms with E-state index in [1.54, 1.807) is 12.3 Å². The van der Waals surface area contributed by atoms with Gasteiger partial charge in [-0.25, -0.2) is 9.78 Å². The van der Waals surface area contributed by atoms with Gasteiger partial charge in [0.15, 0.2) is 0 Å². The standard InChI is InChI=1S/C14H20BrN3O2/c1-14(3-5-18(2)6-4-14)9-17-12-11(13(19)20)7-10(15)8-16-12/h7-8H,3-6,9H2,1-2H3,(H,16,17)(H,19,20). The van der Waals surface area contributed by atoms with Gasteiger partial charge >= 0.3 is 5.97 Å². The van der Waals surface area contributed by atoms with Gasteiger partial charge in [0.1, 0.15) is 11.4 Å². The Morgan fingerprint density at radius 3 is 2.80 bits per heavy atom. The van der Waals surface area contributed by atoms with Crippen LogP contribution in [-0.4, -0.2) is 47.6 Å². The second-order valence-corrected chi connectivity index (χ2v) is 6.74. The molecule has 20 heavy (non-hydrogen) atoms. The minimum atomic E-state index is -0.963. The van der Waals surface area contributed by atoms with Crippen LogP contribution in [0.4, 0.5) is 5.82 Å². The number of aromatic carboxylic acids is 1. The lowest BCUT2D eigenvalue weighted by Gasteiger charge is -2.38. The van der Waals surface area contributed by atoms with Gasteiger partial charge < -0.3 is 15.3 Å². The van der Waals surface area contributed by atoms with Gasteiger partial charge in [-0.3, -0.25) is 0 Å². The number of likely N-dealkylation sites (tertiary alicyclic amines) is 1. The average molecular weight is 342 g/mol. The number of nitrogens with zero attached hydrogens (tertiary/aromatic N) is 2. The number of pyridine rings is 1. The molecule has 0 unspecified atom stereocenters. The lowest BCUT2D eigenvalue weighted by Crippen LogP contribution is -2.40. The average Bonchev–Trinajstić information content (AvgIpc) is 2.41. The quantitative estimate of drug-likeness (QED) is 0.881. The Morgan fingerprint density at radius 1 is 1.55 bits per heavy atom. The summed E-state index contributed by atoms with van der Waals surface area (Å²) in [5, 5.41) is 12.4. The molecular weight excluding hydrogens is 322 g/mol. The molecule has 1 aromatic rings. The molecule has 2 rings (SSSR count). The van der Waals surface area contributed by atoms with E-state index in [-0.39, 0.29) is 11.0 Å². The second-order valence-electron chi connectivity index (χ2n) is 5.82. The van der Waals surface area contributed by atoms with Gasteiger partial charge in [0.2, 0.25) is 0 Å². The van der Waals surface area contributed by atoms with Crippen LogP contribution in [-0.2, 0) is 0 Å². The van der Waals surface area contributed by atoms with Crippen molar-refractivity contribution >= 4 is 27.7 Å². The Hall–Kier alpha value is -1.14. The van der Waals surface area contributed by atoms with E-state index in [1.807, 2.05) is 0 Å². The summed E-state index contributed by atoms with van der Waals surface area (Å²) in [6.45, 7) is 5.15. The number of carboxylic acids is 1. The number of piperidine rings is 1. The zero-order valence-corrected chi connectivity index (χ0v) is 13.4. The van der Waals surface area contributed by atoms with Crippen molar-refractivity contribution in [3.63, 3.8) is 0 Å². The fourth-order valence-electron chi connectivity index (χ4n) is 2.38. The Labute approximate surface area is 127 Å². The molecule has 0 bridgehead atoms. The minimum Gasteiger partial charge on any atom is -0.478 e. The largest absolute Gasteiger partial charge is 0.478 e. The third-order valence-electron chi connectivity index (χ3n) is 3.96. The molecule has 0 saturated carbocycles. The van der Waals surface area contributed by atoms with Gasteiger partial charge in [0.05, 0.1) is 0 Å². The highest BCUT2D eigenvalue weighted by molar-refractivity contribution is 9.10. The predicted molar refractivity (Wildman–Crippen MR) is 82.2 cm³/mol. The zero-order valence-electron chi connectivity index (χ0n) is 11.8. The predicted octanol–water partition coefficient (Wildman–Crippen LogP) is 2.69. The summed E-state index contributed by atoms with van der Waals surface area (Å²) in [7, 11) is 2.13. The van der Waals surface area contributed by atoms with Gasteiger partial charge in [-0.15, -0.1) is 0 Å². The van der Waals surface area contributed by atoms with Crippen LogP contribution in [0.2, 0.25) is 0 Å². The van der Waals surface area contributed by atoms with Crippen LogP contribution in [0.5, 0.6) is 0 Å². The van der Waals surface area contributed by atoms with Gasteiger partial charge in [-0.05, 0) is 60.4 Å². The Morgan fingerprint density at radius 2 is 2.20 bits per heavy atom. The fourth-order valence-corrected chi connectivity index (χ4v) is 2.71. The maximum atomic E-state index is 11.2. The number of hydrogen-bond donors (Lipinski definition) is 2. The van der Waals surface area contributed by atoms with Crippen LogP contribution >= 0.6 is 15.9 Å². The molecule has 1 aromatic heterocycles. The number of aromatic nitrogens is 1. The maximum Gasteiger partial charge on any atom is 0.339 e. The lowest BCUT2D eigenvalue weighted by atomic mass is 9.80. The first-order valence-corrected chi connectivity index (χ1v) is 7.50. The summed E-state index contributed by atoms with van der Waals surface area (Å²) < 4.78 is 0.672. The molecule has 1 aliphatic rings. The number of halogens is 1. The topological polar surface area (TPSA) is 65.5 Å². The number of carbonyl (C=O) groups is 1. The lowest BCUT2D eigenvalue weighted by molar-refractivity contribution is 0.0697. The molecule has 1 saturated heterocycles. The van der Waals surface area contributed by atoms with E-state index in [4.69, 9.17) is 0 Å². The van der Waals surface area contributed by atoms with Crippen molar-refractivity contribution in [1.29, 1.82) is 0 Å². The Bertz CT molecular complexity index is 499. The first kappa shape index (κ1) is 15.3. The molecule has 0 aliphatic carbocycles. The highest BCUT2D eigenvalue weighted by Crippen LogP contribution is 2.31. The van der Waals surface area contributed by atoms with E-state index >= 15 is 0 Å². The molecule has 0 atom stereocenters. The van der Waals surface area contributed by atoms with Crippen LogP contribution in [0, 0.1) is 5.41 Å². The van der Waals surface area contributed by atoms with Gasteiger partial charge in [-0.1, -0.05) is 6.92 Å². The van der Waals surface area contributed by atoms with E-state index in [0.717, 1.165) is 32.5 Å². The smallest absolute Gasteiger partial charge is 0.339 e. The van der Waals surface area contributed by atoms with Crippen LogP contribution in [0.3, 0.4) is 0 Å². The summed E-state index contributed by atoms with van der Waals surface area (Å²) in [5.41, 5.74) is 0.396. The maximum absolute atomic E-state index is 11.2. The van der Waals surface area contributed by atoms with Crippen molar-refractivity contribution in [2.75, 3.05) is 32.0 Å². The number of nitrogens with one attached hydrogen (secondary N) is 1. The van der Waals surface area contributed by atoms with E-state index in [1.165, 1.54) is 0 Å². The molecule has 1 fully saturated rings. The van der Waals surface area contributed by atoms with E-state index in [0.29, 0.717) is 10.3 Å². The third-order valence-corrected chi connectivity index (χ3v) is 4.40. The molecule has 6 heteroatoms. The first-order chi connectivity index (χ1) is 9.39. The first-order valence-electron chi connectivity index (χ1n) is 6.71. The molecule has 0 aromatic carbocycles. The molecule has 110 valence electrons. The van der Waals surface area contributed by atoms with Crippen molar-refractivity contribution in [1.82, 2.24) is 9.88 Å². The van der Waals surface area contributed by atoms with Crippen LogP contribution in [0.15, 0.2) is 16.7 Å². The van der Waals surface area contributed by atoms with Gasteiger partial charge in [-0.2, -0.15) is 0 Å². The monoisotopic (exact) mass is 341 g/mol. The summed E-state index contributed by atoms with van der Waals surface area (Å²) in [5.74, 6) is -0.518. The second kappa shape index (κ2) is 6.10. The summed E-state index contributed by atoms with van der Waals surface area (Å²) in [4.78, 5) is 17.7. The Kier molecular flexibility index (Phi) is 4.65. The van der Waals surface area contributed by atoms with Crippen molar-refractivity contribution in [3.05, 3.63) is 22.3 Å². The van der Waals surface area contributed by atoms with Crippen molar-refractivity contribution in [2.24, 2.45) is 5.41 Å². The normalized spacial score (nSPS) is 18.8. The number of hydrogen-bond acceptors (Lipinski definition) is 4. The SMILES string of the molecule is CN1CCC(C)(CNc2ncc(Br)cc2C(=O)O)CC1. The van der Waals surface area contributed by atoms with E-state index < -0.39 is 5.97 Å². The summed E-state index contributed by atoms with van der Waals surface area (Å²) in [6.07, 6.45) is 3.83. The third kappa shape index (κ3) is 3.70. The minimum absolute atomic E-state index is 0.192. The molecule has 5 nitrogen and oxygen atoms in total. The highest BCUT2D eigenvalue weighted by atomic mass is 79.9. The highest BCUT2D eigenvalue weighted by Gasteiger charge is 2.29. The molecule has 0 spiro atoms. The molecular formula is C14H20BrN3O2. The van der Waals surface area contributed by atoms with Crippen molar-refractivity contribution in [3.8, 4) is 0 Å². The van der Waals surface area contributed by atoms with Gasteiger partial charge in [0.25, 0.3) is 0 Å². The van der Waals surface area contributed by atoms with E-state index in [2.05, 4.69) is 45.1 Å². The van der Waals surface area contributed by atoms with Crippen molar-refractivity contribution in [2.45, 2.75) is 19.8 Å².